The summed E-state index contributed by atoms with van der Waals surface area (Å²) in [6, 6.07) is 12.4. The number of nitrogens with one attached hydrogen (secondary N) is 2. The zero-order chi connectivity index (χ0) is 14.7. The number of thiophene rings is 1. The predicted octanol–water partition coefficient (Wildman–Crippen LogP) is 4.08. The molecule has 1 aromatic heterocycles. The lowest BCUT2D eigenvalue weighted by Gasteiger charge is -2.23. The van der Waals surface area contributed by atoms with Gasteiger partial charge in [-0.2, -0.15) is 0 Å². The van der Waals surface area contributed by atoms with Crippen LogP contribution in [-0.4, -0.2) is 25.0 Å². The average molecular weight is 402 g/mol. The minimum atomic E-state index is 0. The molecule has 0 atom stereocenters. The third kappa shape index (κ3) is 4.32. The van der Waals surface area contributed by atoms with Crippen LogP contribution in [0.2, 0.25) is 0 Å². The zero-order valence-electron chi connectivity index (χ0n) is 12.0. The fraction of sp³-hybridized carbons (Fsp3) is 0.312. The number of carbonyl (C=O) groups excluding carboxylic acids is 1. The van der Waals surface area contributed by atoms with E-state index in [4.69, 9.17) is 0 Å². The summed E-state index contributed by atoms with van der Waals surface area (Å²) in [7, 11) is 0. The summed E-state index contributed by atoms with van der Waals surface area (Å²) in [5, 5.41) is 6.44. The summed E-state index contributed by atoms with van der Waals surface area (Å²) in [4.78, 5) is 14.2. The highest BCUT2D eigenvalue weighted by Crippen LogP contribution is 2.29. The number of hydrogen-bond acceptors (Lipinski definition) is 3. The van der Waals surface area contributed by atoms with Gasteiger partial charge in [0.1, 0.15) is 0 Å². The molecule has 3 rings (SSSR count). The van der Waals surface area contributed by atoms with Crippen LogP contribution in [0, 0.1) is 0 Å². The van der Waals surface area contributed by atoms with Gasteiger partial charge in [-0.05, 0) is 55.8 Å². The first-order chi connectivity index (χ1) is 10.2. The minimum Gasteiger partial charge on any atom is -0.349 e. The zero-order valence-corrected chi connectivity index (χ0v) is 15.2. The van der Waals surface area contributed by atoms with Gasteiger partial charge in [0, 0.05) is 15.4 Å². The van der Waals surface area contributed by atoms with E-state index in [1.807, 2.05) is 24.3 Å². The summed E-state index contributed by atoms with van der Waals surface area (Å²) >= 11 is 4.98. The molecule has 1 aromatic carbocycles. The van der Waals surface area contributed by atoms with E-state index in [-0.39, 0.29) is 18.3 Å². The Bertz CT molecular complexity index is 623. The molecule has 3 nitrogen and oxygen atoms in total. The van der Waals surface area contributed by atoms with Gasteiger partial charge in [-0.1, -0.05) is 28.1 Å². The highest BCUT2D eigenvalue weighted by atomic mass is 79.9. The Hall–Kier alpha value is -0.880. The summed E-state index contributed by atoms with van der Waals surface area (Å²) in [5.74, 6) is 0.0512. The maximum atomic E-state index is 12.3. The summed E-state index contributed by atoms with van der Waals surface area (Å²) in [6.45, 7) is 1.97. The van der Waals surface area contributed by atoms with Crippen molar-refractivity contribution in [2.45, 2.75) is 18.9 Å². The van der Waals surface area contributed by atoms with E-state index >= 15 is 0 Å². The molecule has 1 saturated heterocycles. The molecule has 6 heteroatoms. The molecule has 0 saturated carbocycles. The van der Waals surface area contributed by atoms with Gasteiger partial charge in [-0.15, -0.1) is 23.7 Å². The molecular formula is C16H18BrClN2OS. The number of carbonyl (C=O) groups is 1. The Morgan fingerprint density at radius 3 is 2.50 bits per heavy atom. The molecule has 1 aliphatic heterocycles. The summed E-state index contributed by atoms with van der Waals surface area (Å²) in [6.07, 6.45) is 2.02. The van der Waals surface area contributed by atoms with Crippen LogP contribution in [-0.2, 0) is 0 Å². The van der Waals surface area contributed by atoms with Crippen LogP contribution < -0.4 is 10.6 Å². The number of piperidine rings is 1. The van der Waals surface area contributed by atoms with E-state index in [9.17, 15) is 4.79 Å². The third-order valence-electron chi connectivity index (χ3n) is 3.63. The van der Waals surface area contributed by atoms with Crippen molar-refractivity contribution < 1.29 is 4.79 Å². The van der Waals surface area contributed by atoms with Crippen LogP contribution in [0.3, 0.4) is 0 Å². The average Bonchev–Trinajstić information content (AvgIpc) is 2.99. The quantitative estimate of drug-likeness (QED) is 0.813. The predicted molar refractivity (Wildman–Crippen MR) is 98.1 cm³/mol. The molecule has 0 aliphatic carbocycles. The Morgan fingerprint density at radius 1 is 1.14 bits per heavy atom. The normalized spacial score (nSPS) is 15.1. The van der Waals surface area contributed by atoms with E-state index in [1.165, 1.54) is 0 Å². The van der Waals surface area contributed by atoms with Crippen molar-refractivity contribution in [3.8, 4) is 10.4 Å². The van der Waals surface area contributed by atoms with Gasteiger partial charge in [0.2, 0.25) is 0 Å². The smallest absolute Gasteiger partial charge is 0.261 e. The maximum Gasteiger partial charge on any atom is 0.261 e. The lowest BCUT2D eigenvalue weighted by Crippen LogP contribution is -2.42. The van der Waals surface area contributed by atoms with Crippen LogP contribution >= 0.6 is 39.7 Å². The van der Waals surface area contributed by atoms with Crippen molar-refractivity contribution in [1.82, 2.24) is 10.6 Å². The molecule has 1 amide bonds. The van der Waals surface area contributed by atoms with E-state index in [0.717, 1.165) is 45.7 Å². The minimum absolute atomic E-state index is 0. The Kier molecular flexibility index (Phi) is 6.44. The first-order valence-electron chi connectivity index (χ1n) is 7.10. The molecule has 0 bridgehead atoms. The standard InChI is InChI=1S/C16H17BrN2OS.ClH/c17-12-3-1-11(2-4-12)14-5-6-15(21-14)16(20)19-13-7-9-18-10-8-13;/h1-6,13,18H,7-10H2,(H,19,20);1H. The highest BCUT2D eigenvalue weighted by molar-refractivity contribution is 9.10. The number of rotatable bonds is 3. The van der Waals surface area contributed by atoms with Gasteiger partial charge in [-0.25, -0.2) is 0 Å². The Balaban J connectivity index is 0.00000176. The van der Waals surface area contributed by atoms with E-state index in [2.05, 4.69) is 38.7 Å². The van der Waals surface area contributed by atoms with Crippen LogP contribution in [0.4, 0.5) is 0 Å². The maximum absolute atomic E-state index is 12.3. The summed E-state index contributed by atoms with van der Waals surface area (Å²) < 4.78 is 1.06. The molecule has 2 aromatic rings. The van der Waals surface area contributed by atoms with Crippen molar-refractivity contribution >= 4 is 45.6 Å². The number of amides is 1. The molecule has 1 fully saturated rings. The van der Waals surface area contributed by atoms with Crippen molar-refractivity contribution in [3.63, 3.8) is 0 Å². The van der Waals surface area contributed by atoms with Crippen LogP contribution in [0.5, 0.6) is 0 Å². The lowest BCUT2D eigenvalue weighted by molar-refractivity contribution is 0.0933. The molecule has 0 unspecified atom stereocenters. The van der Waals surface area contributed by atoms with Gasteiger partial charge in [0.05, 0.1) is 4.88 Å². The fourth-order valence-corrected chi connectivity index (χ4v) is 3.63. The van der Waals surface area contributed by atoms with Gasteiger partial charge in [0.15, 0.2) is 0 Å². The number of halogens is 2. The van der Waals surface area contributed by atoms with E-state index in [0.29, 0.717) is 6.04 Å². The Morgan fingerprint density at radius 2 is 1.82 bits per heavy atom. The van der Waals surface area contributed by atoms with Crippen molar-refractivity contribution in [2.24, 2.45) is 0 Å². The van der Waals surface area contributed by atoms with Gasteiger partial charge >= 0.3 is 0 Å². The SMILES string of the molecule is Cl.O=C(NC1CCNCC1)c1ccc(-c2ccc(Br)cc2)s1. The van der Waals surface area contributed by atoms with E-state index < -0.39 is 0 Å². The fourth-order valence-electron chi connectivity index (χ4n) is 2.45. The second-order valence-corrected chi connectivity index (χ2v) is 7.17. The third-order valence-corrected chi connectivity index (χ3v) is 5.29. The van der Waals surface area contributed by atoms with Crippen LogP contribution in [0.25, 0.3) is 10.4 Å². The Labute approximate surface area is 149 Å². The molecule has 22 heavy (non-hydrogen) atoms. The topological polar surface area (TPSA) is 41.1 Å². The lowest BCUT2D eigenvalue weighted by atomic mass is 10.1. The van der Waals surface area contributed by atoms with Crippen molar-refractivity contribution in [2.75, 3.05) is 13.1 Å². The molecule has 2 heterocycles. The number of hydrogen-bond donors (Lipinski definition) is 2. The van der Waals surface area contributed by atoms with Gasteiger partial charge < -0.3 is 10.6 Å². The van der Waals surface area contributed by atoms with Crippen molar-refractivity contribution in [3.05, 3.63) is 45.7 Å². The van der Waals surface area contributed by atoms with Crippen molar-refractivity contribution in [1.29, 1.82) is 0 Å². The number of benzene rings is 1. The van der Waals surface area contributed by atoms with Crippen LogP contribution in [0.1, 0.15) is 22.5 Å². The summed E-state index contributed by atoms with van der Waals surface area (Å²) in [5.41, 5.74) is 1.14. The first-order valence-corrected chi connectivity index (χ1v) is 8.71. The highest BCUT2D eigenvalue weighted by Gasteiger charge is 2.17. The van der Waals surface area contributed by atoms with Crippen LogP contribution in [0.15, 0.2) is 40.9 Å². The van der Waals surface area contributed by atoms with Gasteiger partial charge in [-0.3, -0.25) is 4.79 Å². The molecule has 0 spiro atoms. The molecule has 0 radical (unpaired) electrons. The molecule has 1 aliphatic rings. The first kappa shape index (κ1) is 17.5. The largest absolute Gasteiger partial charge is 0.349 e. The second-order valence-electron chi connectivity index (χ2n) is 5.17. The van der Waals surface area contributed by atoms with Gasteiger partial charge in [0.25, 0.3) is 5.91 Å². The molecular weight excluding hydrogens is 384 g/mol. The molecule has 2 N–H and O–H groups in total. The monoisotopic (exact) mass is 400 g/mol. The van der Waals surface area contributed by atoms with E-state index in [1.54, 1.807) is 11.3 Å². The molecule has 118 valence electrons. The second kappa shape index (κ2) is 8.11.